The van der Waals surface area contributed by atoms with Gasteiger partial charge in [-0.05, 0) is 36.2 Å². The Labute approximate surface area is 160 Å². The highest BCUT2D eigenvalue weighted by Gasteiger charge is 2.13. The molecule has 0 unspecified atom stereocenters. The molecule has 1 amide bonds. The molecule has 0 spiro atoms. The van der Waals surface area contributed by atoms with Gasteiger partial charge in [0, 0.05) is 6.54 Å². The summed E-state index contributed by atoms with van der Waals surface area (Å²) in [6.45, 7) is 2.86. The predicted molar refractivity (Wildman–Crippen MR) is 106 cm³/mol. The molecule has 2 aromatic carbocycles. The van der Waals surface area contributed by atoms with Gasteiger partial charge in [-0.3, -0.25) is 14.2 Å². The Morgan fingerprint density at radius 2 is 1.93 bits per heavy atom. The lowest BCUT2D eigenvalue weighted by atomic mass is 10.2. The number of nitrogens with one attached hydrogen (secondary N) is 1. The van der Waals surface area contributed by atoms with E-state index >= 15 is 0 Å². The van der Waals surface area contributed by atoms with Crippen LogP contribution in [0.5, 0.6) is 0 Å². The second kappa shape index (κ2) is 8.81. The number of halogens is 1. The number of amides is 1. The zero-order valence-corrected chi connectivity index (χ0v) is 15.8. The number of hydrogen-bond acceptors (Lipinski definition) is 4. The number of thioether (sulfide) groups is 1. The quantitative estimate of drug-likeness (QED) is 0.501. The van der Waals surface area contributed by atoms with Crippen molar-refractivity contribution < 1.29 is 9.18 Å². The Morgan fingerprint density at radius 1 is 1.19 bits per heavy atom. The summed E-state index contributed by atoms with van der Waals surface area (Å²) < 4.78 is 14.7. The molecule has 3 aromatic rings. The number of benzene rings is 2. The number of para-hydroxylation sites is 1. The Balaban J connectivity index is 1.95. The van der Waals surface area contributed by atoms with E-state index in [2.05, 4.69) is 10.3 Å². The highest BCUT2D eigenvalue weighted by molar-refractivity contribution is 7.99. The molecule has 0 fully saturated rings. The number of hydrogen-bond donors (Lipinski definition) is 1. The Morgan fingerprint density at radius 3 is 2.67 bits per heavy atom. The van der Waals surface area contributed by atoms with E-state index in [-0.39, 0.29) is 29.6 Å². The normalized spacial score (nSPS) is 10.9. The molecule has 1 aromatic heterocycles. The molecule has 1 heterocycles. The van der Waals surface area contributed by atoms with E-state index in [1.807, 2.05) is 13.0 Å². The van der Waals surface area contributed by atoms with Crippen molar-refractivity contribution in [2.24, 2.45) is 0 Å². The van der Waals surface area contributed by atoms with E-state index in [9.17, 15) is 14.0 Å². The lowest BCUT2D eigenvalue weighted by Crippen LogP contribution is -2.27. The first-order valence-corrected chi connectivity index (χ1v) is 9.70. The third kappa shape index (κ3) is 4.74. The van der Waals surface area contributed by atoms with Crippen LogP contribution < -0.4 is 10.9 Å². The summed E-state index contributed by atoms with van der Waals surface area (Å²) in [5, 5.41) is 3.79. The first kappa shape index (κ1) is 19.1. The van der Waals surface area contributed by atoms with Crippen LogP contribution in [-0.2, 0) is 11.3 Å². The number of rotatable bonds is 7. The number of fused-ring (bicyclic) bond motifs is 1. The zero-order chi connectivity index (χ0) is 19.2. The van der Waals surface area contributed by atoms with Gasteiger partial charge in [0.25, 0.3) is 5.56 Å². The molecule has 0 saturated carbocycles. The summed E-state index contributed by atoms with van der Waals surface area (Å²) in [5.41, 5.74) is 1.20. The van der Waals surface area contributed by atoms with Gasteiger partial charge in [-0.2, -0.15) is 0 Å². The van der Waals surface area contributed by atoms with Crippen molar-refractivity contribution in [1.29, 1.82) is 0 Å². The Kier molecular flexibility index (Phi) is 6.24. The first-order valence-electron chi connectivity index (χ1n) is 8.72. The summed E-state index contributed by atoms with van der Waals surface area (Å²) in [6.07, 6.45) is 0.861. The number of carbonyl (C=O) groups excluding carboxylic acids is 1. The van der Waals surface area contributed by atoms with Gasteiger partial charge in [-0.1, -0.05) is 43.0 Å². The molecule has 0 bridgehead atoms. The van der Waals surface area contributed by atoms with Crippen molar-refractivity contribution in [3.63, 3.8) is 0 Å². The van der Waals surface area contributed by atoms with E-state index < -0.39 is 0 Å². The molecule has 0 radical (unpaired) electrons. The van der Waals surface area contributed by atoms with Crippen LogP contribution in [0.1, 0.15) is 18.9 Å². The maximum atomic E-state index is 13.2. The van der Waals surface area contributed by atoms with Gasteiger partial charge in [0.05, 0.1) is 23.2 Å². The maximum absolute atomic E-state index is 13.2. The molecule has 1 N–H and O–H groups in total. The van der Waals surface area contributed by atoms with Gasteiger partial charge >= 0.3 is 0 Å². The summed E-state index contributed by atoms with van der Waals surface area (Å²) in [5.74, 6) is -0.253. The fraction of sp³-hybridized carbons (Fsp3) is 0.250. The van der Waals surface area contributed by atoms with Crippen LogP contribution in [0.3, 0.4) is 0 Å². The van der Waals surface area contributed by atoms with Crippen LogP contribution in [0.25, 0.3) is 10.9 Å². The number of aromatic nitrogens is 2. The molecular weight excluding hydrogens is 365 g/mol. The molecule has 0 saturated heterocycles. The van der Waals surface area contributed by atoms with Crippen molar-refractivity contribution in [2.75, 3.05) is 12.3 Å². The van der Waals surface area contributed by atoms with Crippen molar-refractivity contribution in [3.05, 3.63) is 70.3 Å². The molecular formula is C20H20FN3O2S. The number of nitrogens with zero attached hydrogens (tertiary/aromatic N) is 2. The van der Waals surface area contributed by atoms with E-state index in [4.69, 9.17) is 0 Å². The van der Waals surface area contributed by atoms with Gasteiger partial charge in [0.15, 0.2) is 5.16 Å². The average Bonchev–Trinajstić information content (AvgIpc) is 2.68. The lowest BCUT2D eigenvalue weighted by Gasteiger charge is -2.13. The fourth-order valence-corrected chi connectivity index (χ4v) is 3.44. The third-order valence-electron chi connectivity index (χ3n) is 3.99. The van der Waals surface area contributed by atoms with Gasteiger partial charge < -0.3 is 5.32 Å². The highest BCUT2D eigenvalue weighted by atomic mass is 32.2. The van der Waals surface area contributed by atoms with Gasteiger partial charge in [0.2, 0.25) is 5.91 Å². The van der Waals surface area contributed by atoms with Gasteiger partial charge in [-0.15, -0.1) is 0 Å². The lowest BCUT2D eigenvalue weighted by molar-refractivity contribution is -0.118. The monoisotopic (exact) mass is 385 g/mol. The van der Waals surface area contributed by atoms with E-state index in [1.54, 1.807) is 30.3 Å². The van der Waals surface area contributed by atoms with Crippen LogP contribution in [-0.4, -0.2) is 27.8 Å². The molecule has 0 aliphatic rings. The van der Waals surface area contributed by atoms with Crippen LogP contribution in [0.15, 0.2) is 58.5 Å². The minimum Gasteiger partial charge on any atom is -0.355 e. The molecule has 140 valence electrons. The molecule has 7 heteroatoms. The molecule has 3 rings (SSSR count). The first-order chi connectivity index (χ1) is 13.1. The van der Waals surface area contributed by atoms with Crippen molar-refractivity contribution >= 4 is 28.6 Å². The van der Waals surface area contributed by atoms with Gasteiger partial charge in [0.1, 0.15) is 5.82 Å². The van der Waals surface area contributed by atoms with E-state index in [0.717, 1.165) is 12.0 Å². The molecule has 5 nitrogen and oxygen atoms in total. The number of carbonyl (C=O) groups is 1. The standard InChI is InChI=1S/C20H20FN3O2S/c1-2-11-22-18(25)13-27-20-23-17-6-4-3-5-16(17)19(26)24(20)12-14-7-9-15(21)10-8-14/h3-10H,2,11-13H2,1H3,(H,22,25). The van der Waals surface area contributed by atoms with Crippen molar-refractivity contribution in [1.82, 2.24) is 14.9 Å². The zero-order valence-electron chi connectivity index (χ0n) is 14.9. The molecule has 0 atom stereocenters. The van der Waals surface area contributed by atoms with Crippen molar-refractivity contribution in [2.45, 2.75) is 25.0 Å². The smallest absolute Gasteiger partial charge is 0.262 e. The summed E-state index contributed by atoms with van der Waals surface area (Å²) >= 11 is 1.22. The summed E-state index contributed by atoms with van der Waals surface area (Å²) in [7, 11) is 0. The molecule has 0 aliphatic carbocycles. The highest BCUT2D eigenvalue weighted by Crippen LogP contribution is 2.19. The molecule has 27 heavy (non-hydrogen) atoms. The fourth-order valence-electron chi connectivity index (χ4n) is 2.62. The van der Waals surface area contributed by atoms with Crippen molar-refractivity contribution in [3.8, 4) is 0 Å². The van der Waals surface area contributed by atoms with Crippen LogP contribution in [0.2, 0.25) is 0 Å². The largest absolute Gasteiger partial charge is 0.355 e. The second-order valence-electron chi connectivity index (χ2n) is 6.07. The second-order valence-corrected chi connectivity index (χ2v) is 7.01. The Hall–Kier alpha value is -2.67. The maximum Gasteiger partial charge on any atom is 0.262 e. The SMILES string of the molecule is CCCNC(=O)CSc1nc2ccccc2c(=O)n1Cc1ccc(F)cc1. The predicted octanol–water partition coefficient (Wildman–Crippen LogP) is 3.20. The topological polar surface area (TPSA) is 64.0 Å². The summed E-state index contributed by atoms with van der Waals surface area (Å²) in [4.78, 5) is 29.5. The van der Waals surface area contributed by atoms with Crippen LogP contribution in [0, 0.1) is 5.82 Å². The Bertz CT molecular complexity index is 1000. The van der Waals surface area contributed by atoms with E-state index in [0.29, 0.717) is 22.6 Å². The van der Waals surface area contributed by atoms with Gasteiger partial charge in [-0.25, -0.2) is 9.37 Å². The minimum atomic E-state index is -0.329. The molecule has 0 aliphatic heterocycles. The van der Waals surface area contributed by atoms with E-state index in [1.165, 1.54) is 28.5 Å². The van der Waals surface area contributed by atoms with Crippen LogP contribution >= 0.6 is 11.8 Å². The summed E-state index contributed by atoms with van der Waals surface area (Å²) in [6, 6.07) is 13.1. The average molecular weight is 385 g/mol. The van der Waals surface area contributed by atoms with Crippen LogP contribution in [0.4, 0.5) is 4.39 Å². The minimum absolute atomic E-state index is 0.0995. The third-order valence-corrected chi connectivity index (χ3v) is 4.96.